The first-order valence-electron chi connectivity index (χ1n) is 6.57. The zero-order valence-corrected chi connectivity index (χ0v) is 11.4. The number of nitrogens with zero attached hydrogens (tertiary/aromatic N) is 2. The van der Waals surface area contributed by atoms with Gasteiger partial charge in [-0.05, 0) is 52.3 Å². The molecule has 0 bridgehead atoms. The minimum atomic E-state index is -0.824. The summed E-state index contributed by atoms with van der Waals surface area (Å²) in [5.41, 5.74) is 2.38. The minimum absolute atomic E-state index is 0.441. The number of carboxylic acid groups (broad SMARTS) is 1. The van der Waals surface area contributed by atoms with Crippen molar-refractivity contribution in [2.45, 2.75) is 33.2 Å². The van der Waals surface area contributed by atoms with Crippen molar-refractivity contribution in [2.24, 2.45) is 5.92 Å². The Labute approximate surface area is 108 Å². The minimum Gasteiger partial charge on any atom is -0.478 e. The van der Waals surface area contributed by atoms with Crippen LogP contribution in [0.5, 0.6) is 0 Å². The molecule has 1 fully saturated rings. The summed E-state index contributed by atoms with van der Waals surface area (Å²) in [5.74, 6) is -0.190. The lowest BCUT2D eigenvalue weighted by atomic mass is 9.98. The summed E-state index contributed by atoms with van der Waals surface area (Å²) in [4.78, 5) is 13.5. The number of hydrogen-bond acceptors (Lipinski definition) is 2. The molecule has 1 aromatic heterocycles. The highest BCUT2D eigenvalue weighted by Crippen LogP contribution is 2.21. The Morgan fingerprint density at radius 1 is 1.50 bits per heavy atom. The van der Waals surface area contributed by atoms with Gasteiger partial charge in [-0.3, -0.25) is 0 Å². The van der Waals surface area contributed by atoms with Crippen LogP contribution in [0.4, 0.5) is 0 Å². The molecule has 4 heteroatoms. The lowest BCUT2D eigenvalue weighted by Gasteiger charge is -2.30. The maximum Gasteiger partial charge on any atom is 0.337 e. The summed E-state index contributed by atoms with van der Waals surface area (Å²) in [6.07, 6.45) is 2.48. The first-order chi connectivity index (χ1) is 8.49. The van der Waals surface area contributed by atoms with Gasteiger partial charge in [0.1, 0.15) is 0 Å². The zero-order valence-electron chi connectivity index (χ0n) is 11.4. The van der Waals surface area contributed by atoms with E-state index < -0.39 is 5.97 Å². The third-order valence-corrected chi connectivity index (χ3v) is 3.97. The van der Waals surface area contributed by atoms with Crippen LogP contribution >= 0.6 is 0 Å². The molecule has 1 aliphatic heterocycles. The van der Waals surface area contributed by atoms with Crippen LogP contribution in [0.3, 0.4) is 0 Å². The largest absolute Gasteiger partial charge is 0.478 e. The van der Waals surface area contributed by atoms with Crippen LogP contribution in [0, 0.1) is 19.8 Å². The van der Waals surface area contributed by atoms with Crippen molar-refractivity contribution in [3.05, 3.63) is 23.0 Å². The van der Waals surface area contributed by atoms with Crippen molar-refractivity contribution in [1.29, 1.82) is 0 Å². The summed E-state index contributed by atoms with van der Waals surface area (Å²) in [7, 11) is 2.16. The molecule has 0 spiro atoms. The Hall–Kier alpha value is -1.29. The summed E-state index contributed by atoms with van der Waals surface area (Å²) in [5, 5.41) is 9.13. The first kappa shape index (κ1) is 13.1. The third-order valence-electron chi connectivity index (χ3n) is 3.97. The average Bonchev–Trinajstić information content (AvgIpc) is 2.57. The van der Waals surface area contributed by atoms with Gasteiger partial charge in [-0.2, -0.15) is 0 Å². The molecule has 2 rings (SSSR count). The molecule has 1 aliphatic rings. The van der Waals surface area contributed by atoms with Crippen LogP contribution in [0.2, 0.25) is 0 Å². The topological polar surface area (TPSA) is 45.5 Å². The van der Waals surface area contributed by atoms with Gasteiger partial charge in [0.25, 0.3) is 0 Å². The average molecular weight is 250 g/mol. The second-order valence-corrected chi connectivity index (χ2v) is 5.47. The molecule has 1 saturated heterocycles. The normalized spacial score (nSPS) is 21.2. The molecule has 0 aliphatic carbocycles. The number of rotatable bonds is 3. The molecule has 0 radical (unpaired) electrons. The SMILES string of the molecule is Cc1cc(C(=O)O)c(C)n1CC1CCCN(C)C1. The van der Waals surface area contributed by atoms with Crippen LogP contribution in [-0.2, 0) is 6.54 Å². The molecule has 1 unspecified atom stereocenters. The van der Waals surface area contributed by atoms with Gasteiger partial charge in [-0.15, -0.1) is 0 Å². The van der Waals surface area contributed by atoms with Crippen LogP contribution in [-0.4, -0.2) is 40.7 Å². The standard InChI is InChI=1S/C14H22N2O2/c1-10-7-13(14(17)18)11(2)16(10)9-12-5-4-6-15(3)8-12/h7,12H,4-6,8-9H2,1-3H3,(H,17,18). The Morgan fingerprint density at radius 3 is 2.78 bits per heavy atom. The number of piperidine rings is 1. The van der Waals surface area contributed by atoms with Crippen molar-refractivity contribution >= 4 is 5.97 Å². The summed E-state index contributed by atoms with van der Waals surface area (Å²) >= 11 is 0. The fourth-order valence-corrected chi connectivity index (χ4v) is 2.98. The van der Waals surface area contributed by atoms with Gasteiger partial charge < -0.3 is 14.6 Å². The summed E-state index contributed by atoms with van der Waals surface area (Å²) in [6, 6.07) is 1.78. The fourth-order valence-electron chi connectivity index (χ4n) is 2.98. The number of likely N-dealkylation sites (tertiary alicyclic amines) is 1. The molecule has 1 atom stereocenters. The van der Waals surface area contributed by atoms with E-state index >= 15 is 0 Å². The van der Waals surface area contributed by atoms with E-state index in [0.717, 1.165) is 24.5 Å². The van der Waals surface area contributed by atoms with Crippen molar-refractivity contribution < 1.29 is 9.90 Å². The van der Waals surface area contributed by atoms with Crippen LogP contribution in [0.25, 0.3) is 0 Å². The Kier molecular flexibility index (Phi) is 3.76. The Morgan fingerprint density at radius 2 is 2.22 bits per heavy atom. The lowest BCUT2D eigenvalue weighted by Crippen LogP contribution is -2.34. The highest BCUT2D eigenvalue weighted by molar-refractivity contribution is 5.89. The van der Waals surface area contributed by atoms with Crippen LogP contribution in [0.15, 0.2) is 6.07 Å². The zero-order chi connectivity index (χ0) is 13.3. The van der Waals surface area contributed by atoms with Gasteiger partial charge in [0, 0.05) is 24.5 Å². The molecular weight excluding hydrogens is 228 g/mol. The smallest absolute Gasteiger partial charge is 0.337 e. The molecule has 0 amide bonds. The number of aromatic carboxylic acids is 1. The van der Waals surface area contributed by atoms with E-state index in [0.29, 0.717) is 11.5 Å². The van der Waals surface area contributed by atoms with Gasteiger partial charge >= 0.3 is 5.97 Å². The predicted molar refractivity (Wildman–Crippen MR) is 71.1 cm³/mol. The van der Waals surface area contributed by atoms with Crippen molar-refractivity contribution in [2.75, 3.05) is 20.1 Å². The van der Waals surface area contributed by atoms with E-state index in [4.69, 9.17) is 5.11 Å². The second-order valence-electron chi connectivity index (χ2n) is 5.47. The highest BCUT2D eigenvalue weighted by atomic mass is 16.4. The van der Waals surface area contributed by atoms with Gasteiger partial charge in [0.05, 0.1) is 5.56 Å². The number of carboxylic acids is 1. The maximum absolute atomic E-state index is 11.1. The van der Waals surface area contributed by atoms with E-state index in [9.17, 15) is 4.79 Å². The highest BCUT2D eigenvalue weighted by Gasteiger charge is 2.21. The Balaban J connectivity index is 2.16. The maximum atomic E-state index is 11.1. The summed E-state index contributed by atoms with van der Waals surface area (Å²) < 4.78 is 2.16. The van der Waals surface area contributed by atoms with Crippen LogP contribution in [0.1, 0.15) is 34.6 Å². The van der Waals surface area contributed by atoms with E-state index in [2.05, 4.69) is 16.5 Å². The molecular formula is C14H22N2O2. The molecule has 2 heterocycles. The second kappa shape index (κ2) is 5.14. The van der Waals surface area contributed by atoms with Crippen molar-refractivity contribution in [3.63, 3.8) is 0 Å². The van der Waals surface area contributed by atoms with Crippen molar-refractivity contribution in [1.82, 2.24) is 9.47 Å². The molecule has 18 heavy (non-hydrogen) atoms. The van der Waals surface area contributed by atoms with Gasteiger partial charge in [-0.25, -0.2) is 4.79 Å². The molecule has 100 valence electrons. The first-order valence-corrected chi connectivity index (χ1v) is 6.57. The van der Waals surface area contributed by atoms with Crippen molar-refractivity contribution in [3.8, 4) is 0 Å². The van der Waals surface area contributed by atoms with E-state index in [1.165, 1.54) is 19.4 Å². The molecule has 4 nitrogen and oxygen atoms in total. The number of aromatic nitrogens is 1. The van der Waals surface area contributed by atoms with E-state index in [1.807, 2.05) is 13.8 Å². The van der Waals surface area contributed by atoms with E-state index in [-0.39, 0.29) is 0 Å². The number of carbonyl (C=O) groups is 1. The molecule has 0 aromatic carbocycles. The molecule has 1 N–H and O–H groups in total. The van der Waals surface area contributed by atoms with Gasteiger partial charge in [-0.1, -0.05) is 0 Å². The molecule has 0 saturated carbocycles. The Bertz CT molecular complexity index is 451. The third kappa shape index (κ3) is 2.58. The number of aryl methyl sites for hydroxylation is 1. The van der Waals surface area contributed by atoms with Gasteiger partial charge in [0.2, 0.25) is 0 Å². The fraction of sp³-hybridized carbons (Fsp3) is 0.643. The van der Waals surface area contributed by atoms with E-state index in [1.54, 1.807) is 6.07 Å². The van der Waals surface area contributed by atoms with Crippen LogP contribution < -0.4 is 0 Å². The summed E-state index contributed by atoms with van der Waals surface area (Å²) in [6.45, 7) is 7.13. The lowest BCUT2D eigenvalue weighted by molar-refractivity contribution is 0.0696. The monoisotopic (exact) mass is 250 g/mol. The predicted octanol–water partition coefficient (Wildman–Crippen LogP) is 2.14. The van der Waals surface area contributed by atoms with Gasteiger partial charge in [0.15, 0.2) is 0 Å². The quantitative estimate of drug-likeness (QED) is 0.894. The number of hydrogen-bond donors (Lipinski definition) is 1. The molecule has 1 aromatic rings.